The van der Waals surface area contributed by atoms with E-state index < -0.39 is 11.6 Å². The zero-order valence-corrected chi connectivity index (χ0v) is 11.9. The minimum Gasteiger partial charge on any atom is -0.377 e. The molecule has 1 aromatic carbocycles. The van der Waals surface area contributed by atoms with Gasteiger partial charge in [0.25, 0.3) is 0 Å². The zero-order chi connectivity index (χ0) is 14.3. The number of benzene rings is 1. The monoisotopic (exact) mass is 271 g/mol. The maximum Gasteiger partial charge on any atom is 0.159 e. The van der Waals surface area contributed by atoms with Crippen LogP contribution in [0.4, 0.5) is 8.78 Å². The van der Waals surface area contributed by atoms with E-state index in [1.54, 1.807) is 6.07 Å². The van der Waals surface area contributed by atoms with E-state index in [4.69, 9.17) is 4.74 Å². The lowest BCUT2D eigenvalue weighted by Crippen LogP contribution is -2.41. The van der Waals surface area contributed by atoms with Gasteiger partial charge >= 0.3 is 0 Å². The largest absolute Gasteiger partial charge is 0.377 e. The molecule has 19 heavy (non-hydrogen) atoms. The third-order valence-corrected chi connectivity index (χ3v) is 3.21. The third-order valence-electron chi connectivity index (χ3n) is 3.21. The Balaban J connectivity index is 2.75. The average molecular weight is 271 g/mol. The molecule has 1 aromatic rings. The summed E-state index contributed by atoms with van der Waals surface area (Å²) in [6, 6.07) is 4.16. The van der Waals surface area contributed by atoms with E-state index in [-0.39, 0.29) is 12.1 Å². The summed E-state index contributed by atoms with van der Waals surface area (Å²) in [5.74, 6) is -1.60. The molecule has 0 fully saturated rings. The quantitative estimate of drug-likeness (QED) is 0.783. The first-order valence-corrected chi connectivity index (χ1v) is 6.85. The van der Waals surface area contributed by atoms with Crippen LogP contribution in [0.3, 0.4) is 0 Å². The molecule has 0 aliphatic carbocycles. The summed E-state index contributed by atoms with van der Waals surface area (Å²) < 4.78 is 31.8. The van der Waals surface area contributed by atoms with E-state index in [0.717, 1.165) is 18.4 Å². The summed E-state index contributed by atoms with van der Waals surface area (Å²) in [6.07, 6.45) is 2.69. The first-order valence-electron chi connectivity index (χ1n) is 6.85. The lowest BCUT2D eigenvalue weighted by molar-refractivity contribution is 0.0300. The highest BCUT2D eigenvalue weighted by atomic mass is 19.2. The summed E-state index contributed by atoms with van der Waals surface area (Å²) in [6.45, 7) is 4.73. The minimum atomic E-state index is -0.806. The van der Waals surface area contributed by atoms with E-state index >= 15 is 0 Å². The van der Waals surface area contributed by atoms with Gasteiger partial charge in [0, 0.05) is 12.6 Å². The number of hydrogen-bond donors (Lipinski definition) is 1. The lowest BCUT2D eigenvalue weighted by atomic mass is 9.98. The Morgan fingerprint density at radius 1 is 1.21 bits per heavy atom. The predicted molar refractivity (Wildman–Crippen MR) is 73.2 cm³/mol. The Kier molecular flexibility index (Phi) is 6.95. The molecule has 0 bridgehead atoms. The van der Waals surface area contributed by atoms with Crippen molar-refractivity contribution in [2.45, 2.75) is 45.3 Å². The van der Waals surface area contributed by atoms with Gasteiger partial charge in [-0.3, -0.25) is 0 Å². The van der Waals surface area contributed by atoms with Gasteiger partial charge in [-0.2, -0.15) is 0 Å². The molecule has 0 spiro atoms. The molecule has 0 saturated carbocycles. The Bertz CT molecular complexity index is 378. The van der Waals surface area contributed by atoms with Crippen molar-refractivity contribution in [3.63, 3.8) is 0 Å². The van der Waals surface area contributed by atoms with Gasteiger partial charge in [-0.25, -0.2) is 8.78 Å². The maximum atomic E-state index is 13.2. The van der Waals surface area contributed by atoms with Crippen LogP contribution in [0.5, 0.6) is 0 Å². The molecule has 0 aromatic heterocycles. The van der Waals surface area contributed by atoms with Gasteiger partial charge in [0.1, 0.15) is 0 Å². The summed E-state index contributed by atoms with van der Waals surface area (Å²) >= 11 is 0. The van der Waals surface area contributed by atoms with Crippen LogP contribution in [0.1, 0.15) is 32.3 Å². The standard InChI is InChI=1S/C15H23F2NO/c1-4-6-15(19-5-2)14(18-3)10-11-7-8-12(16)13(17)9-11/h7-9,14-15,18H,4-6,10H2,1-3H3. The highest BCUT2D eigenvalue weighted by molar-refractivity contribution is 5.19. The van der Waals surface area contributed by atoms with Crippen LogP contribution in [0.15, 0.2) is 18.2 Å². The van der Waals surface area contributed by atoms with E-state index in [0.29, 0.717) is 13.0 Å². The normalized spacial score (nSPS) is 14.4. The molecule has 0 aliphatic heterocycles. The van der Waals surface area contributed by atoms with Crippen molar-refractivity contribution < 1.29 is 13.5 Å². The van der Waals surface area contributed by atoms with Crippen LogP contribution in [0.25, 0.3) is 0 Å². The van der Waals surface area contributed by atoms with Gasteiger partial charge in [0.2, 0.25) is 0 Å². The molecule has 4 heteroatoms. The van der Waals surface area contributed by atoms with Crippen molar-refractivity contribution >= 4 is 0 Å². The molecule has 0 amide bonds. The Labute approximate surface area is 114 Å². The van der Waals surface area contributed by atoms with Crippen LogP contribution < -0.4 is 5.32 Å². The topological polar surface area (TPSA) is 21.3 Å². The van der Waals surface area contributed by atoms with E-state index in [2.05, 4.69) is 12.2 Å². The van der Waals surface area contributed by atoms with E-state index in [1.165, 1.54) is 12.1 Å². The highest BCUT2D eigenvalue weighted by Crippen LogP contribution is 2.15. The van der Waals surface area contributed by atoms with Crippen LogP contribution in [-0.2, 0) is 11.2 Å². The predicted octanol–water partition coefficient (Wildman–Crippen LogP) is 3.30. The second kappa shape index (κ2) is 8.23. The van der Waals surface area contributed by atoms with Gasteiger partial charge in [-0.15, -0.1) is 0 Å². The molecule has 108 valence electrons. The van der Waals surface area contributed by atoms with Crippen LogP contribution in [-0.4, -0.2) is 25.8 Å². The van der Waals surface area contributed by atoms with Crippen LogP contribution in [0, 0.1) is 11.6 Å². The van der Waals surface area contributed by atoms with Crippen LogP contribution >= 0.6 is 0 Å². The maximum absolute atomic E-state index is 13.2. The summed E-state index contributed by atoms with van der Waals surface area (Å²) in [5, 5.41) is 3.21. The zero-order valence-electron chi connectivity index (χ0n) is 11.9. The molecule has 2 unspecified atom stereocenters. The van der Waals surface area contributed by atoms with Crippen molar-refractivity contribution in [2.75, 3.05) is 13.7 Å². The van der Waals surface area contributed by atoms with Crippen molar-refractivity contribution in [1.29, 1.82) is 0 Å². The van der Waals surface area contributed by atoms with Crippen LogP contribution in [0.2, 0.25) is 0 Å². The average Bonchev–Trinajstić information content (AvgIpc) is 2.40. The van der Waals surface area contributed by atoms with E-state index in [1.807, 2.05) is 14.0 Å². The number of hydrogen-bond acceptors (Lipinski definition) is 2. The van der Waals surface area contributed by atoms with Crippen molar-refractivity contribution in [3.05, 3.63) is 35.4 Å². The highest BCUT2D eigenvalue weighted by Gasteiger charge is 2.20. The van der Waals surface area contributed by atoms with E-state index in [9.17, 15) is 8.78 Å². The smallest absolute Gasteiger partial charge is 0.159 e. The van der Waals surface area contributed by atoms with Crippen molar-refractivity contribution in [3.8, 4) is 0 Å². The molecule has 1 rings (SSSR count). The van der Waals surface area contributed by atoms with Gasteiger partial charge < -0.3 is 10.1 Å². The Morgan fingerprint density at radius 3 is 2.47 bits per heavy atom. The second-order valence-corrected chi connectivity index (χ2v) is 4.63. The summed E-state index contributed by atoms with van der Waals surface area (Å²) in [5.41, 5.74) is 0.777. The molecular formula is C15H23F2NO. The van der Waals surface area contributed by atoms with Gasteiger partial charge in [0.15, 0.2) is 11.6 Å². The molecule has 2 atom stereocenters. The fraction of sp³-hybridized carbons (Fsp3) is 0.600. The fourth-order valence-corrected chi connectivity index (χ4v) is 2.24. The first-order chi connectivity index (χ1) is 9.12. The lowest BCUT2D eigenvalue weighted by Gasteiger charge is -2.26. The molecule has 2 nitrogen and oxygen atoms in total. The summed E-state index contributed by atoms with van der Waals surface area (Å²) in [4.78, 5) is 0. The number of halogens is 2. The third kappa shape index (κ3) is 4.88. The number of rotatable bonds is 8. The first kappa shape index (κ1) is 16.1. The summed E-state index contributed by atoms with van der Waals surface area (Å²) in [7, 11) is 1.87. The SMILES string of the molecule is CCCC(OCC)C(Cc1ccc(F)c(F)c1)NC. The van der Waals surface area contributed by atoms with Gasteiger partial charge in [0.05, 0.1) is 6.10 Å². The molecule has 1 N–H and O–H groups in total. The fourth-order valence-electron chi connectivity index (χ4n) is 2.24. The number of likely N-dealkylation sites (N-methyl/N-ethyl adjacent to an activating group) is 1. The van der Waals surface area contributed by atoms with Gasteiger partial charge in [-0.1, -0.05) is 19.4 Å². The van der Waals surface area contributed by atoms with Gasteiger partial charge in [-0.05, 0) is 44.5 Å². The number of ether oxygens (including phenoxy) is 1. The number of nitrogens with one attached hydrogen (secondary N) is 1. The molecule has 0 radical (unpaired) electrons. The van der Waals surface area contributed by atoms with Crippen molar-refractivity contribution in [2.24, 2.45) is 0 Å². The molecule has 0 saturated heterocycles. The second-order valence-electron chi connectivity index (χ2n) is 4.63. The molecular weight excluding hydrogens is 248 g/mol. The minimum absolute atomic E-state index is 0.0908. The molecule has 0 heterocycles. The Hall–Kier alpha value is -1.00. The Morgan fingerprint density at radius 2 is 1.95 bits per heavy atom. The van der Waals surface area contributed by atoms with Crippen molar-refractivity contribution in [1.82, 2.24) is 5.32 Å². The molecule has 0 aliphatic rings.